The van der Waals surface area contributed by atoms with E-state index in [1.807, 2.05) is 19.3 Å². The number of likely N-dealkylation sites (tertiary alicyclic amines) is 1. The molecule has 7 rings (SSSR count). The molecule has 12 heteroatoms. The third kappa shape index (κ3) is 4.70. The van der Waals surface area contributed by atoms with Crippen LogP contribution < -0.4 is 10.1 Å². The van der Waals surface area contributed by atoms with E-state index in [-0.39, 0.29) is 6.04 Å². The lowest BCUT2D eigenvalue weighted by Gasteiger charge is -2.20. The molecule has 0 aliphatic carbocycles. The Kier molecular flexibility index (Phi) is 6.66. The van der Waals surface area contributed by atoms with E-state index in [0.29, 0.717) is 36.0 Å². The average molecular weight is 568 g/mol. The molecule has 2 aliphatic heterocycles. The van der Waals surface area contributed by atoms with Crippen LogP contribution in [-0.2, 0) is 20.6 Å². The van der Waals surface area contributed by atoms with Gasteiger partial charge in [-0.05, 0) is 45.6 Å². The largest absolute Gasteiger partial charge is 0.477 e. The number of rotatable bonds is 4. The van der Waals surface area contributed by atoms with Crippen molar-refractivity contribution in [2.75, 3.05) is 39.1 Å². The fourth-order valence-corrected chi connectivity index (χ4v) is 6.07. The van der Waals surface area contributed by atoms with Crippen molar-refractivity contribution in [3.05, 3.63) is 48.5 Å². The van der Waals surface area contributed by atoms with E-state index >= 15 is 0 Å². The van der Waals surface area contributed by atoms with Gasteiger partial charge in [-0.2, -0.15) is 10.2 Å². The molecule has 5 aromatic rings. The molecule has 1 saturated heterocycles. The lowest BCUT2D eigenvalue weighted by Crippen LogP contribution is -2.31. The van der Waals surface area contributed by atoms with Gasteiger partial charge in [-0.3, -0.25) is 9.58 Å². The molecule has 0 unspecified atom stereocenters. The molecule has 4 bridgehead atoms. The Morgan fingerprint density at radius 2 is 1.95 bits per heavy atom. The summed E-state index contributed by atoms with van der Waals surface area (Å²) in [5.41, 5.74) is 5.06. The molecule has 1 N–H and O–H groups in total. The Labute approximate surface area is 244 Å². The predicted octanol–water partition coefficient (Wildman–Crippen LogP) is 3.85. The number of hydrogen-bond acceptors (Lipinski definition) is 9. The number of anilines is 2. The summed E-state index contributed by atoms with van der Waals surface area (Å²) in [4.78, 5) is 18.9. The Balaban J connectivity index is 1.25. The topological polar surface area (TPSA) is 107 Å². The predicted molar refractivity (Wildman–Crippen MR) is 162 cm³/mol. The van der Waals surface area contributed by atoms with E-state index in [0.717, 1.165) is 53.9 Å². The number of aryl methyl sites for hydroxylation is 1. The molecular formula is C30H37N11O. The molecule has 5 aromatic heterocycles. The average Bonchev–Trinajstić information content (AvgIpc) is 3.75. The van der Waals surface area contributed by atoms with Crippen molar-refractivity contribution >= 4 is 22.5 Å². The van der Waals surface area contributed by atoms with Crippen LogP contribution in [0.25, 0.3) is 33.7 Å². The van der Waals surface area contributed by atoms with Crippen LogP contribution in [0.15, 0.2) is 42.9 Å². The molecule has 2 aliphatic rings. The molecule has 0 saturated carbocycles. The third-order valence-corrected chi connectivity index (χ3v) is 8.65. The Bertz CT molecular complexity index is 1750. The second-order valence-corrected chi connectivity index (χ2v) is 11.7. The molecule has 218 valence electrons. The summed E-state index contributed by atoms with van der Waals surface area (Å²) in [6.45, 7) is 5.82. The highest BCUT2D eigenvalue weighted by atomic mass is 16.5. The second-order valence-electron chi connectivity index (χ2n) is 11.7. The van der Waals surface area contributed by atoms with Crippen molar-refractivity contribution in [3.8, 4) is 28.7 Å². The van der Waals surface area contributed by atoms with E-state index in [1.54, 1.807) is 17.1 Å². The molecule has 0 radical (unpaired) electrons. The van der Waals surface area contributed by atoms with Gasteiger partial charge in [0.25, 0.3) is 0 Å². The minimum absolute atomic E-state index is 0.0810. The number of nitrogens with one attached hydrogen (secondary N) is 1. The molecule has 1 fully saturated rings. The third-order valence-electron chi connectivity index (χ3n) is 8.65. The monoisotopic (exact) mass is 567 g/mol. The highest BCUT2D eigenvalue weighted by Crippen LogP contribution is 2.34. The van der Waals surface area contributed by atoms with Crippen LogP contribution in [-0.4, -0.2) is 88.7 Å². The van der Waals surface area contributed by atoms with Crippen molar-refractivity contribution in [2.45, 2.75) is 38.4 Å². The number of hydrogen-bond donors (Lipinski definition) is 1. The Hall–Kier alpha value is -4.29. The highest BCUT2D eigenvalue weighted by Gasteiger charge is 2.26. The van der Waals surface area contributed by atoms with Crippen molar-refractivity contribution in [1.82, 2.24) is 48.9 Å². The van der Waals surface area contributed by atoms with Crippen LogP contribution in [0.3, 0.4) is 0 Å². The second kappa shape index (κ2) is 10.5. The van der Waals surface area contributed by atoms with E-state index in [4.69, 9.17) is 19.8 Å². The normalized spacial score (nSPS) is 19.2. The van der Waals surface area contributed by atoms with Gasteiger partial charge >= 0.3 is 0 Å². The van der Waals surface area contributed by atoms with E-state index in [2.05, 4.69) is 80.7 Å². The molecule has 42 heavy (non-hydrogen) atoms. The maximum Gasteiger partial charge on any atom is 0.222 e. The van der Waals surface area contributed by atoms with Gasteiger partial charge in [0, 0.05) is 75.7 Å². The first-order valence-corrected chi connectivity index (χ1v) is 14.5. The minimum Gasteiger partial charge on any atom is -0.477 e. The number of fused-ring (bicyclic) bond motifs is 5. The van der Waals surface area contributed by atoms with Gasteiger partial charge in [0.15, 0.2) is 5.82 Å². The van der Waals surface area contributed by atoms with Gasteiger partial charge in [0.1, 0.15) is 22.9 Å². The summed E-state index contributed by atoms with van der Waals surface area (Å²) in [6, 6.07) is 9.01. The number of ether oxygens (including phenoxy) is 1. The summed E-state index contributed by atoms with van der Waals surface area (Å²) < 4.78 is 12.4. The maximum absolute atomic E-state index is 6.26. The number of pyridine rings is 1. The summed E-state index contributed by atoms with van der Waals surface area (Å²) in [5.74, 6) is 2.53. The van der Waals surface area contributed by atoms with Crippen LogP contribution >= 0.6 is 0 Å². The van der Waals surface area contributed by atoms with Crippen LogP contribution in [0, 0.1) is 0 Å². The van der Waals surface area contributed by atoms with Crippen molar-refractivity contribution in [2.24, 2.45) is 14.1 Å². The van der Waals surface area contributed by atoms with Crippen LogP contribution in [0.5, 0.6) is 5.88 Å². The highest BCUT2D eigenvalue weighted by molar-refractivity contribution is 5.93. The number of nitrogens with zero attached hydrogens (tertiary/aromatic N) is 10. The molecule has 0 spiro atoms. The first kappa shape index (κ1) is 26.6. The summed E-state index contributed by atoms with van der Waals surface area (Å²) in [6.07, 6.45) is 7.35. The van der Waals surface area contributed by atoms with Gasteiger partial charge in [-0.15, -0.1) is 0 Å². The molecule has 0 amide bonds. The lowest BCUT2D eigenvalue weighted by molar-refractivity contribution is 0.260. The van der Waals surface area contributed by atoms with Crippen LogP contribution in [0.2, 0.25) is 0 Å². The summed E-state index contributed by atoms with van der Waals surface area (Å²) in [7, 11) is 8.35. The molecule has 2 atom stereocenters. The van der Waals surface area contributed by atoms with Gasteiger partial charge in [-0.25, -0.2) is 19.6 Å². The van der Waals surface area contributed by atoms with Gasteiger partial charge in [-0.1, -0.05) is 0 Å². The van der Waals surface area contributed by atoms with Gasteiger partial charge in [0.2, 0.25) is 5.88 Å². The smallest absolute Gasteiger partial charge is 0.222 e. The van der Waals surface area contributed by atoms with Crippen LogP contribution in [0.4, 0.5) is 11.6 Å². The first-order valence-electron chi connectivity index (χ1n) is 14.5. The molecule has 7 heterocycles. The van der Waals surface area contributed by atoms with E-state index in [9.17, 15) is 0 Å². The van der Waals surface area contributed by atoms with Gasteiger partial charge in [0.05, 0.1) is 30.1 Å². The summed E-state index contributed by atoms with van der Waals surface area (Å²) >= 11 is 0. The number of likely N-dealkylation sites (N-methyl/N-ethyl adjacent to an activating group) is 1. The summed E-state index contributed by atoms with van der Waals surface area (Å²) in [5, 5.41) is 14.0. The fourth-order valence-electron chi connectivity index (χ4n) is 6.07. The first-order chi connectivity index (χ1) is 20.4. The van der Waals surface area contributed by atoms with Crippen molar-refractivity contribution in [1.29, 1.82) is 0 Å². The Morgan fingerprint density at radius 3 is 2.79 bits per heavy atom. The minimum atomic E-state index is 0.0810. The zero-order chi connectivity index (χ0) is 29.0. The van der Waals surface area contributed by atoms with E-state index in [1.165, 1.54) is 12.1 Å². The zero-order valence-corrected chi connectivity index (χ0v) is 24.8. The van der Waals surface area contributed by atoms with Crippen molar-refractivity contribution in [3.63, 3.8) is 0 Å². The van der Waals surface area contributed by atoms with Crippen LogP contribution in [0.1, 0.15) is 31.5 Å². The maximum atomic E-state index is 6.26. The quantitative estimate of drug-likeness (QED) is 0.347. The van der Waals surface area contributed by atoms with Crippen molar-refractivity contribution < 1.29 is 4.74 Å². The number of aromatic nitrogens is 8. The molecule has 12 nitrogen and oxygen atoms in total. The standard InChI is InChI=1S/C30H37N11O/c1-19-10-13-42-30-23(16-33-39(30)5)29-31-11-8-26(35-29)34-27-14-25-22(15-32-27)28(36-41(19)25)24-7-6-21(38(24)4)18-40-12-9-20(17-40)37(2)3/h6-8,11,14-16,19-20H,9-10,12-13,17-18H2,1-5H3,(H,31,32,34,35)/t19-,20-/m0/s1. The Morgan fingerprint density at radius 1 is 1.07 bits per heavy atom. The zero-order valence-electron chi connectivity index (χ0n) is 24.8. The molecular weight excluding hydrogens is 530 g/mol. The van der Waals surface area contributed by atoms with Gasteiger partial charge < -0.3 is 19.5 Å². The fraction of sp³-hybridized carbons (Fsp3) is 0.433. The lowest BCUT2D eigenvalue weighted by atomic mass is 10.2. The molecule has 0 aromatic carbocycles. The SMILES string of the molecule is C[C@H]1CCOc2c(cnn2C)-c2nccc(n2)Nc2cc3c(cn2)c(-c2ccc(CN4CC[C@H](N(C)C)C4)n2C)nn31. The van der Waals surface area contributed by atoms with E-state index < -0.39 is 0 Å².